The van der Waals surface area contributed by atoms with Gasteiger partial charge >= 0.3 is 12.0 Å². The van der Waals surface area contributed by atoms with Gasteiger partial charge in [0.25, 0.3) is 0 Å². The average Bonchev–Trinajstić information content (AvgIpc) is 3.01. The highest BCUT2D eigenvalue weighted by Gasteiger charge is 2.51. The van der Waals surface area contributed by atoms with E-state index in [4.69, 9.17) is 4.74 Å². The summed E-state index contributed by atoms with van der Waals surface area (Å²) in [4.78, 5) is 29.8. The summed E-state index contributed by atoms with van der Waals surface area (Å²) in [5.41, 5.74) is 3.36. The van der Waals surface area contributed by atoms with Crippen molar-refractivity contribution in [1.29, 1.82) is 0 Å². The van der Waals surface area contributed by atoms with Crippen molar-refractivity contribution in [3.8, 4) is 0 Å². The second-order valence-corrected chi connectivity index (χ2v) is 9.49. The highest BCUT2D eigenvalue weighted by Crippen LogP contribution is 2.44. The number of carbonyl (C=O) groups excluding carboxylic acids is 2. The minimum atomic E-state index is -0.361. The van der Waals surface area contributed by atoms with Crippen molar-refractivity contribution in [3.63, 3.8) is 0 Å². The lowest BCUT2D eigenvalue weighted by Gasteiger charge is -2.45. The number of anilines is 1. The van der Waals surface area contributed by atoms with Crippen LogP contribution in [0.1, 0.15) is 63.0 Å². The Hall–Kier alpha value is -1.79. The van der Waals surface area contributed by atoms with Crippen molar-refractivity contribution >= 4 is 30.1 Å². The Morgan fingerprint density at radius 1 is 1.16 bits per heavy atom. The number of hydrogen-bond acceptors (Lipinski definition) is 4. The van der Waals surface area contributed by atoms with E-state index in [-0.39, 0.29) is 29.9 Å². The molecule has 1 aliphatic carbocycles. The third-order valence-corrected chi connectivity index (χ3v) is 7.60. The van der Waals surface area contributed by atoms with E-state index in [2.05, 4.69) is 35.5 Å². The Morgan fingerprint density at radius 2 is 1.88 bits per heavy atom. The van der Waals surface area contributed by atoms with Gasteiger partial charge in [-0.05, 0) is 75.3 Å². The van der Waals surface area contributed by atoms with Crippen LogP contribution in [0.3, 0.4) is 0 Å². The number of fused-ring (bicyclic) bond motifs is 1. The average molecular weight is 464 g/mol. The third kappa shape index (κ3) is 5.07. The number of nitrogens with one attached hydrogen (secondary N) is 1. The number of nitrogens with zero attached hydrogens (tertiary/aromatic N) is 2. The SMILES string of the molecule is CCOC(=O)CCC1(C2CCCCC2)CNC(=O)N1c1ccc2c(c1)CCN(C)CC2.Cl. The van der Waals surface area contributed by atoms with Gasteiger partial charge in [-0.3, -0.25) is 9.69 Å². The zero-order valence-corrected chi connectivity index (χ0v) is 20.3. The van der Waals surface area contributed by atoms with Crippen LogP contribution in [-0.2, 0) is 22.4 Å². The second kappa shape index (κ2) is 10.9. The third-order valence-electron chi connectivity index (χ3n) is 7.60. The lowest BCUT2D eigenvalue weighted by Crippen LogP contribution is -2.54. The van der Waals surface area contributed by atoms with Gasteiger partial charge in [-0.2, -0.15) is 0 Å². The maximum absolute atomic E-state index is 13.2. The first-order valence-electron chi connectivity index (χ1n) is 12.1. The van der Waals surface area contributed by atoms with Crippen molar-refractivity contribution < 1.29 is 14.3 Å². The molecule has 178 valence electrons. The molecule has 0 spiro atoms. The standard InChI is InChI=1S/C25H37N3O3.ClH/c1-3-31-23(29)11-14-25(21-7-5-4-6-8-21)18-26-24(30)28(25)22-10-9-19-12-15-27(2)16-13-20(19)17-22;/h9-10,17,21H,3-8,11-16,18H2,1-2H3,(H,26,30);1H. The fraction of sp³-hybridized carbons (Fsp3) is 0.680. The number of hydrogen-bond donors (Lipinski definition) is 1. The second-order valence-electron chi connectivity index (χ2n) is 9.49. The number of urea groups is 1. The highest BCUT2D eigenvalue weighted by molar-refractivity contribution is 5.96. The van der Waals surface area contributed by atoms with E-state index < -0.39 is 0 Å². The number of rotatable bonds is 6. The molecule has 4 rings (SSSR count). The van der Waals surface area contributed by atoms with Crippen LogP contribution in [-0.4, -0.2) is 55.7 Å². The van der Waals surface area contributed by atoms with Gasteiger partial charge in [0.1, 0.15) is 0 Å². The van der Waals surface area contributed by atoms with Gasteiger partial charge in [-0.25, -0.2) is 4.79 Å². The fourth-order valence-corrected chi connectivity index (χ4v) is 5.85. The van der Waals surface area contributed by atoms with Gasteiger partial charge in [-0.15, -0.1) is 12.4 Å². The van der Waals surface area contributed by atoms with Crippen LogP contribution in [0.4, 0.5) is 10.5 Å². The summed E-state index contributed by atoms with van der Waals surface area (Å²) < 4.78 is 5.23. The van der Waals surface area contributed by atoms with Crippen molar-refractivity contribution in [2.45, 2.75) is 70.3 Å². The monoisotopic (exact) mass is 463 g/mol. The number of benzene rings is 1. The van der Waals surface area contributed by atoms with E-state index in [0.717, 1.165) is 44.5 Å². The quantitative estimate of drug-likeness (QED) is 0.638. The van der Waals surface area contributed by atoms with E-state index in [1.54, 1.807) is 0 Å². The largest absolute Gasteiger partial charge is 0.466 e. The van der Waals surface area contributed by atoms with E-state index in [0.29, 0.717) is 31.9 Å². The Bertz CT molecular complexity index is 812. The van der Waals surface area contributed by atoms with E-state index in [1.165, 1.54) is 30.4 Å². The van der Waals surface area contributed by atoms with E-state index in [1.807, 2.05) is 11.8 Å². The molecule has 2 aliphatic heterocycles. The lowest BCUT2D eigenvalue weighted by molar-refractivity contribution is -0.143. The molecule has 1 saturated heterocycles. The highest BCUT2D eigenvalue weighted by atomic mass is 35.5. The van der Waals surface area contributed by atoms with Crippen LogP contribution in [0.5, 0.6) is 0 Å². The summed E-state index contributed by atoms with van der Waals surface area (Å²) in [6.07, 6.45) is 8.95. The van der Waals surface area contributed by atoms with Crippen LogP contribution in [0.25, 0.3) is 0 Å². The predicted molar refractivity (Wildman–Crippen MR) is 130 cm³/mol. The summed E-state index contributed by atoms with van der Waals surface area (Å²) >= 11 is 0. The number of esters is 1. The minimum Gasteiger partial charge on any atom is -0.466 e. The summed E-state index contributed by atoms with van der Waals surface area (Å²) in [7, 11) is 2.17. The molecule has 2 amide bonds. The number of ether oxygens (including phenoxy) is 1. The Kier molecular flexibility index (Phi) is 8.45. The number of carbonyl (C=O) groups is 2. The van der Waals surface area contributed by atoms with Gasteiger partial charge in [0.2, 0.25) is 0 Å². The zero-order valence-electron chi connectivity index (χ0n) is 19.5. The topological polar surface area (TPSA) is 61.9 Å². The van der Waals surface area contributed by atoms with Gasteiger partial charge in [0.05, 0.1) is 12.1 Å². The van der Waals surface area contributed by atoms with Crippen LogP contribution in [0.2, 0.25) is 0 Å². The summed E-state index contributed by atoms with van der Waals surface area (Å²) in [6, 6.07) is 6.55. The molecule has 1 N–H and O–H groups in total. The van der Waals surface area contributed by atoms with Crippen molar-refractivity contribution in [2.75, 3.05) is 38.2 Å². The predicted octanol–water partition coefficient (Wildman–Crippen LogP) is 4.33. The number of likely N-dealkylation sites (N-methyl/N-ethyl adjacent to an activating group) is 1. The molecule has 6 nitrogen and oxygen atoms in total. The van der Waals surface area contributed by atoms with Crippen molar-refractivity contribution in [3.05, 3.63) is 29.3 Å². The maximum Gasteiger partial charge on any atom is 0.322 e. The summed E-state index contributed by atoms with van der Waals surface area (Å²) in [5, 5.41) is 3.14. The van der Waals surface area contributed by atoms with E-state index in [9.17, 15) is 9.59 Å². The van der Waals surface area contributed by atoms with Gasteiger partial charge in [-0.1, -0.05) is 25.3 Å². The van der Waals surface area contributed by atoms with E-state index >= 15 is 0 Å². The van der Waals surface area contributed by atoms with Crippen LogP contribution in [0, 0.1) is 5.92 Å². The molecule has 7 heteroatoms. The molecule has 1 aromatic rings. The van der Waals surface area contributed by atoms with Crippen molar-refractivity contribution in [1.82, 2.24) is 10.2 Å². The lowest BCUT2D eigenvalue weighted by atomic mass is 9.71. The van der Waals surface area contributed by atoms with Gasteiger partial charge in [0.15, 0.2) is 0 Å². The Labute approximate surface area is 198 Å². The summed E-state index contributed by atoms with van der Waals surface area (Å²) in [5.74, 6) is 0.238. The van der Waals surface area contributed by atoms with Crippen LogP contribution < -0.4 is 10.2 Å². The zero-order chi connectivity index (χ0) is 21.8. The minimum absolute atomic E-state index is 0. The molecule has 3 aliphatic rings. The fourth-order valence-electron chi connectivity index (χ4n) is 5.85. The molecule has 1 unspecified atom stereocenters. The Morgan fingerprint density at radius 3 is 2.59 bits per heavy atom. The molecule has 0 radical (unpaired) electrons. The van der Waals surface area contributed by atoms with Crippen molar-refractivity contribution in [2.24, 2.45) is 5.92 Å². The smallest absolute Gasteiger partial charge is 0.322 e. The van der Waals surface area contributed by atoms with Crippen LogP contribution in [0.15, 0.2) is 18.2 Å². The molecule has 2 heterocycles. The molecule has 1 aromatic carbocycles. The molecule has 2 fully saturated rings. The summed E-state index contributed by atoms with van der Waals surface area (Å²) in [6.45, 7) is 4.96. The first kappa shape index (κ1) is 24.8. The van der Waals surface area contributed by atoms with Gasteiger partial charge in [0, 0.05) is 31.7 Å². The first-order chi connectivity index (χ1) is 15.0. The molecule has 0 aromatic heterocycles. The maximum atomic E-state index is 13.2. The number of amides is 2. The van der Waals surface area contributed by atoms with Gasteiger partial charge < -0.3 is 15.0 Å². The molecular formula is C25H38ClN3O3. The normalized spacial score (nSPS) is 24.3. The Balaban J connectivity index is 0.00000289. The molecule has 1 saturated carbocycles. The van der Waals surface area contributed by atoms with Crippen LogP contribution >= 0.6 is 12.4 Å². The first-order valence-corrected chi connectivity index (χ1v) is 12.1. The molecule has 0 bridgehead atoms. The number of halogens is 1. The molecular weight excluding hydrogens is 426 g/mol. The molecule has 1 atom stereocenters. The molecule has 32 heavy (non-hydrogen) atoms.